The molecule has 6 heteroatoms. The number of hydrogen-bond donors (Lipinski definition) is 1. The van der Waals surface area contributed by atoms with E-state index in [4.69, 9.17) is 9.78 Å². The summed E-state index contributed by atoms with van der Waals surface area (Å²) in [6.07, 6.45) is 1.61. The second kappa shape index (κ2) is 7.20. The van der Waals surface area contributed by atoms with E-state index in [0.29, 0.717) is 18.3 Å². The molecule has 1 aromatic heterocycles. The van der Waals surface area contributed by atoms with Crippen molar-refractivity contribution in [1.82, 2.24) is 15.5 Å². The summed E-state index contributed by atoms with van der Waals surface area (Å²) < 4.78 is 5.23. The summed E-state index contributed by atoms with van der Waals surface area (Å²) in [7, 11) is 0. The fraction of sp³-hybridized carbons (Fsp3) is 0.333. The molecule has 1 heterocycles. The Morgan fingerprint density at radius 2 is 2.33 bits per heavy atom. The number of nitriles is 1. The van der Waals surface area contributed by atoms with Crippen molar-refractivity contribution in [3.8, 4) is 17.5 Å². The number of aryl methyl sites for hydroxylation is 1. The monoisotopic (exact) mass is 284 g/mol. The Balaban J connectivity index is 2.06. The highest BCUT2D eigenvalue weighted by Gasteiger charge is 2.09. The van der Waals surface area contributed by atoms with Crippen LogP contribution in [0.1, 0.15) is 31.2 Å². The van der Waals surface area contributed by atoms with Gasteiger partial charge in [-0.15, -0.1) is 0 Å². The minimum atomic E-state index is -0.286. The van der Waals surface area contributed by atoms with Crippen molar-refractivity contribution in [2.24, 2.45) is 0 Å². The maximum Gasteiger partial charge on any atom is 0.257 e. The molecule has 1 aromatic carbocycles. The molecule has 0 radical (unpaired) electrons. The number of amides is 1. The number of nitrogens with one attached hydrogen (secondary N) is 1. The molecule has 1 amide bonds. The molecule has 0 aliphatic carbocycles. The second-order valence-corrected chi connectivity index (χ2v) is 4.58. The quantitative estimate of drug-likeness (QED) is 0.878. The van der Waals surface area contributed by atoms with Gasteiger partial charge in [0.25, 0.3) is 5.89 Å². The van der Waals surface area contributed by atoms with E-state index in [1.54, 1.807) is 0 Å². The predicted octanol–water partition coefficient (Wildman–Crippen LogP) is 2.22. The van der Waals surface area contributed by atoms with Crippen molar-refractivity contribution in [2.75, 3.05) is 0 Å². The smallest absolute Gasteiger partial charge is 0.257 e. The summed E-state index contributed by atoms with van der Waals surface area (Å²) in [5.74, 6) is 0.884. The summed E-state index contributed by atoms with van der Waals surface area (Å²) in [5, 5.41) is 15.0. The number of rotatable bonds is 6. The Labute approximate surface area is 122 Å². The molecule has 108 valence electrons. The van der Waals surface area contributed by atoms with E-state index in [2.05, 4.69) is 22.4 Å². The van der Waals surface area contributed by atoms with E-state index < -0.39 is 0 Å². The fourth-order valence-corrected chi connectivity index (χ4v) is 1.85. The number of hydrogen-bond acceptors (Lipinski definition) is 5. The van der Waals surface area contributed by atoms with Crippen molar-refractivity contribution in [2.45, 2.75) is 32.7 Å². The minimum Gasteiger partial charge on any atom is -0.351 e. The van der Waals surface area contributed by atoms with Gasteiger partial charge in [-0.3, -0.25) is 4.79 Å². The Hall–Kier alpha value is -2.68. The summed E-state index contributed by atoms with van der Waals surface area (Å²) in [6.45, 7) is 2.42. The van der Waals surface area contributed by atoms with Crippen LogP contribution in [0.2, 0.25) is 0 Å². The zero-order valence-corrected chi connectivity index (χ0v) is 11.8. The zero-order chi connectivity index (χ0) is 15.1. The molecule has 0 atom stereocenters. The summed E-state index contributed by atoms with van der Waals surface area (Å²) >= 11 is 0. The van der Waals surface area contributed by atoms with Crippen LogP contribution in [-0.2, 0) is 17.8 Å². The summed E-state index contributed by atoms with van der Waals surface area (Å²) in [4.78, 5) is 15.6. The first-order chi connectivity index (χ1) is 10.2. The van der Waals surface area contributed by atoms with Crippen LogP contribution in [0.3, 0.4) is 0 Å². The number of nitrogens with zero attached hydrogens (tertiary/aromatic N) is 3. The third kappa shape index (κ3) is 4.14. The van der Waals surface area contributed by atoms with Gasteiger partial charge in [0.15, 0.2) is 5.82 Å². The zero-order valence-electron chi connectivity index (χ0n) is 11.8. The van der Waals surface area contributed by atoms with Gasteiger partial charge in [-0.2, -0.15) is 10.2 Å². The fourth-order valence-electron chi connectivity index (χ4n) is 1.85. The van der Waals surface area contributed by atoms with Crippen LogP contribution in [-0.4, -0.2) is 16.0 Å². The van der Waals surface area contributed by atoms with Crippen LogP contribution in [0.4, 0.5) is 0 Å². The van der Waals surface area contributed by atoms with Gasteiger partial charge >= 0.3 is 0 Å². The van der Waals surface area contributed by atoms with E-state index in [1.165, 1.54) is 0 Å². The molecule has 0 bridgehead atoms. The van der Waals surface area contributed by atoms with Gasteiger partial charge in [0.2, 0.25) is 5.91 Å². The maximum absolute atomic E-state index is 11.3. The molecular formula is C15H16N4O2. The highest BCUT2D eigenvalue weighted by molar-refractivity contribution is 5.77. The number of carbonyl (C=O) groups excluding carboxylic acids is 1. The van der Waals surface area contributed by atoms with Gasteiger partial charge < -0.3 is 9.84 Å². The standard InChI is InChI=1S/C15H16N4O2/c1-2-4-13-18-15(21-19-13)12-6-3-5-11(9-12)10-17-14(20)7-8-16/h3,5-6,9H,2,4,7,10H2,1H3,(H,17,20). The van der Waals surface area contributed by atoms with E-state index in [1.807, 2.05) is 30.3 Å². The third-order valence-electron chi connectivity index (χ3n) is 2.84. The van der Waals surface area contributed by atoms with E-state index in [0.717, 1.165) is 24.0 Å². The van der Waals surface area contributed by atoms with Gasteiger partial charge in [0.05, 0.1) is 6.07 Å². The molecule has 0 aliphatic heterocycles. The Kier molecular flexibility index (Phi) is 5.04. The van der Waals surface area contributed by atoms with Crippen LogP contribution in [0.5, 0.6) is 0 Å². The van der Waals surface area contributed by atoms with Crippen LogP contribution in [0, 0.1) is 11.3 Å². The second-order valence-electron chi connectivity index (χ2n) is 4.58. The summed E-state index contributed by atoms with van der Waals surface area (Å²) in [6, 6.07) is 9.33. The van der Waals surface area contributed by atoms with Gasteiger partial charge in [-0.1, -0.05) is 24.2 Å². The number of benzene rings is 1. The Bertz CT molecular complexity index is 658. The highest BCUT2D eigenvalue weighted by atomic mass is 16.5. The Morgan fingerprint density at radius 3 is 3.10 bits per heavy atom. The summed E-state index contributed by atoms with van der Waals surface area (Å²) in [5.41, 5.74) is 1.73. The van der Waals surface area contributed by atoms with Crippen molar-refractivity contribution in [3.63, 3.8) is 0 Å². The van der Waals surface area contributed by atoms with Crippen LogP contribution in [0.25, 0.3) is 11.5 Å². The molecule has 2 rings (SSSR count). The minimum absolute atomic E-state index is 0.135. The third-order valence-corrected chi connectivity index (χ3v) is 2.84. The molecule has 21 heavy (non-hydrogen) atoms. The normalized spacial score (nSPS) is 10.1. The van der Waals surface area contributed by atoms with Gasteiger partial charge in [-0.25, -0.2) is 0 Å². The first-order valence-corrected chi connectivity index (χ1v) is 6.78. The lowest BCUT2D eigenvalue weighted by atomic mass is 10.1. The van der Waals surface area contributed by atoms with Crippen LogP contribution >= 0.6 is 0 Å². The van der Waals surface area contributed by atoms with Gasteiger partial charge in [0.1, 0.15) is 6.42 Å². The maximum atomic E-state index is 11.3. The topological polar surface area (TPSA) is 91.8 Å². The average Bonchev–Trinajstić information content (AvgIpc) is 2.95. The lowest BCUT2D eigenvalue weighted by molar-refractivity contribution is -0.120. The molecule has 6 nitrogen and oxygen atoms in total. The lowest BCUT2D eigenvalue weighted by Crippen LogP contribution is -2.21. The molecule has 1 N–H and O–H groups in total. The van der Waals surface area contributed by atoms with E-state index >= 15 is 0 Å². The van der Waals surface area contributed by atoms with E-state index in [9.17, 15) is 4.79 Å². The largest absolute Gasteiger partial charge is 0.351 e. The van der Waals surface area contributed by atoms with Crippen molar-refractivity contribution in [1.29, 1.82) is 5.26 Å². The predicted molar refractivity (Wildman–Crippen MR) is 75.8 cm³/mol. The molecule has 2 aromatic rings. The van der Waals surface area contributed by atoms with Crippen molar-refractivity contribution in [3.05, 3.63) is 35.7 Å². The Morgan fingerprint density at radius 1 is 1.48 bits per heavy atom. The molecule has 0 aliphatic rings. The number of aromatic nitrogens is 2. The number of carbonyl (C=O) groups is 1. The van der Waals surface area contributed by atoms with E-state index in [-0.39, 0.29) is 12.3 Å². The van der Waals surface area contributed by atoms with Crippen molar-refractivity contribution < 1.29 is 9.32 Å². The molecule has 0 saturated heterocycles. The first-order valence-electron chi connectivity index (χ1n) is 6.78. The van der Waals surface area contributed by atoms with Gasteiger partial charge in [0, 0.05) is 18.5 Å². The lowest BCUT2D eigenvalue weighted by Gasteiger charge is -2.04. The van der Waals surface area contributed by atoms with Crippen LogP contribution in [0.15, 0.2) is 28.8 Å². The SMILES string of the molecule is CCCc1noc(-c2cccc(CNC(=O)CC#N)c2)n1. The molecule has 0 spiro atoms. The van der Waals surface area contributed by atoms with Crippen LogP contribution < -0.4 is 5.32 Å². The molecule has 0 fully saturated rings. The average molecular weight is 284 g/mol. The van der Waals surface area contributed by atoms with Crippen molar-refractivity contribution >= 4 is 5.91 Å². The van der Waals surface area contributed by atoms with Gasteiger partial charge in [-0.05, 0) is 24.1 Å². The molecule has 0 saturated carbocycles. The molecule has 0 unspecified atom stereocenters. The highest BCUT2D eigenvalue weighted by Crippen LogP contribution is 2.18. The first kappa shape index (κ1) is 14.7. The molecular weight excluding hydrogens is 268 g/mol.